The van der Waals surface area contributed by atoms with Crippen LogP contribution in [0.5, 0.6) is 5.75 Å². The molecule has 0 spiro atoms. The Bertz CT molecular complexity index is 633. The summed E-state index contributed by atoms with van der Waals surface area (Å²) in [5, 5.41) is 9.28. The maximum atomic E-state index is 12.0. The molecule has 3 nitrogen and oxygen atoms in total. The lowest BCUT2D eigenvalue weighted by molar-refractivity contribution is 0.104. The highest BCUT2D eigenvalue weighted by Crippen LogP contribution is 2.17. The number of ether oxygens (including phenoxy) is 1. The van der Waals surface area contributed by atoms with E-state index in [0.29, 0.717) is 16.3 Å². The molecule has 2 rings (SSSR count). The van der Waals surface area contributed by atoms with Gasteiger partial charge >= 0.3 is 0 Å². The van der Waals surface area contributed by atoms with E-state index in [4.69, 9.17) is 21.4 Å². The van der Waals surface area contributed by atoms with Crippen LogP contribution in [0.15, 0.2) is 54.6 Å². The second-order valence-electron chi connectivity index (χ2n) is 4.32. The van der Waals surface area contributed by atoms with E-state index in [0.717, 1.165) is 5.56 Å². The first-order valence-corrected chi connectivity index (χ1v) is 6.89. The van der Waals surface area contributed by atoms with Gasteiger partial charge in [0.2, 0.25) is 0 Å². The Balaban J connectivity index is 2.05. The molecule has 0 bridgehead atoms. The van der Waals surface area contributed by atoms with Crippen molar-refractivity contribution in [1.82, 2.24) is 0 Å². The molecule has 0 radical (unpaired) electrons. The summed E-state index contributed by atoms with van der Waals surface area (Å²) in [6.07, 6.45) is 3.19. The van der Waals surface area contributed by atoms with Crippen LogP contribution in [0.1, 0.15) is 15.9 Å². The molecule has 108 valence electrons. The zero-order chi connectivity index (χ0) is 15.1. The molecule has 4 heteroatoms. The largest absolute Gasteiger partial charge is 0.491 e. The molecular formula is C17H15ClO3. The van der Waals surface area contributed by atoms with Crippen LogP contribution >= 0.6 is 11.6 Å². The van der Waals surface area contributed by atoms with Gasteiger partial charge in [-0.2, -0.15) is 0 Å². The third-order valence-corrected chi connectivity index (χ3v) is 3.16. The van der Waals surface area contributed by atoms with Crippen LogP contribution in [0.2, 0.25) is 5.02 Å². The normalized spacial score (nSPS) is 10.8. The van der Waals surface area contributed by atoms with E-state index >= 15 is 0 Å². The van der Waals surface area contributed by atoms with Gasteiger partial charge in [-0.05, 0) is 48.0 Å². The monoisotopic (exact) mass is 302 g/mol. The first-order chi connectivity index (χ1) is 10.2. The van der Waals surface area contributed by atoms with Crippen molar-refractivity contribution < 1.29 is 14.6 Å². The summed E-state index contributed by atoms with van der Waals surface area (Å²) in [7, 11) is 0. The predicted octanol–water partition coefficient (Wildman–Crippen LogP) is 3.61. The van der Waals surface area contributed by atoms with Crippen LogP contribution in [-0.2, 0) is 0 Å². The van der Waals surface area contributed by atoms with Crippen molar-refractivity contribution in [2.45, 2.75) is 0 Å². The summed E-state index contributed by atoms with van der Waals surface area (Å²) >= 11 is 6.02. The van der Waals surface area contributed by atoms with Crippen molar-refractivity contribution in [3.8, 4) is 5.75 Å². The van der Waals surface area contributed by atoms with Crippen molar-refractivity contribution in [3.63, 3.8) is 0 Å². The number of carbonyl (C=O) groups excluding carboxylic acids is 1. The molecule has 0 atom stereocenters. The molecule has 0 saturated heterocycles. The standard InChI is InChI=1S/C17H15ClO3/c18-16-4-2-1-3-13(16)7-10-17(20)14-5-8-15(9-6-14)21-12-11-19/h1-10,19H,11-12H2. The number of allylic oxidation sites excluding steroid dienone is 1. The third kappa shape index (κ3) is 4.45. The lowest BCUT2D eigenvalue weighted by Crippen LogP contribution is -2.02. The van der Waals surface area contributed by atoms with E-state index in [2.05, 4.69) is 0 Å². The summed E-state index contributed by atoms with van der Waals surface area (Å²) in [6, 6.07) is 14.1. The minimum absolute atomic E-state index is 0.0404. The second-order valence-corrected chi connectivity index (χ2v) is 4.72. The lowest BCUT2D eigenvalue weighted by atomic mass is 10.1. The van der Waals surface area contributed by atoms with Crippen LogP contribution in [0, 0.1) is 0 Å². The van der Waals surface area contributed by atoms with E-state index in [1.807, 2.05) is 18.2 Å². The average molecular weight is 303 g/mol. The summed E-state index contributed by atoms with van der Waals surface area (Å²) in [5.74, 6) is 0.513. The number of hydrogen-bond donors (Lipinski definition) is 1. The highest BCUT2D eigenvalue weighted by atomic mass is 35.5. The molecule has 0 heterocycles. The molecule has 2 aromatic rings. The van der Waals surface area contributed by atoms with E-state index in [1.54, 1.807) is 36.4 Å². The van der Waals surface area contributed by atoms with Crippen LogP contribution in [0.25, 0.3) is 6.08 Å². The van der Waals surface area contributed by atoms with Gasteiger partial charge in [0.1, 0.15) is 12.4 Å². The van der Waals surface area contributed by atoms with Gasteiger partial charge in [0, 0.05) is 10.6 Å². The van der Waals surface area contributed by atoms with Crippen molar-refractivity contribution in [1.29, 1.82) is 0 Å². The van der Waals surface area contributed by atoms with Gasteiger partial charge < -0.3 is 9.84 Å². The maximum Gasteiger partial charge on any atom is 0.185 e. The fourth-order valence-corrected chi connectivity index (χ4v) is 1.95. The first-order valence-electron chi connectivity index (χ1n) is 6.51. The van der Waals surface area contributed by atoms with Crippen molar-refractivity contribution in [2.75, 3.05) is 13.2 Å². The number of hydrogen-bond acceptors (Lipinski definition) is 3. The number of carbonyl (C=O) groups is 1. The minimum Gasteiger partial charge on any atom is -0.491 e. The number of benzene rings is 2. The van der Waals surface area contributed by atoms with Gasteiger partial charge in [0.15, 0.2) is 5.78 Å². The maximum absolute atomic E-state index is 12.0. The Morgan fingerprint density at radius 3 is 2.52 bits per heavy atom. The lowest BCUT2D eigenvalue weighted by Gasteiger charge is -2.04. The van der Waals surface area contributed by atoms with Crippen LogP contribution in [0.4, 0.5) is 0 Å². The van der Waals surface area contributed by atoms with Crippen molar-refractivity contribution in [2.24, 2.45) is 0 Å². The summed E-state index contributed by atoms with van der Waals surface area (Å²) < 4.78 is 5.24. The zero-order valence-electron chi connectivity index (χ0n) is 11.3. The third-order valence-electron chi connectivity index (χ3n) is 2.82. The fraction of sp³-hybridized carbons (Fsp3) is 0.118. The number of ketones is 1. The van der Waals surface area contributed by atoms with E-state index in [1.165, 1.54) is 6.08 Å². The average Bonchev–Trinajstić information content (AvgIpc) is 2.52. The predicted molar refractivity (Wildman–Crippen MR) is 83.8 cm³/mol. The summed E-state index contributed by atoms with van der Waals surface area (Å²) in [4.78, 5) is 12.0. The molecule has 0 aliphatic rings. The van der Waals surface area contributed by atoms with Gasteiger partial charge in [-0.25, -0.2) is 0 Å². The molecular weight excluding hydrogens is 288 g/mol. The molecule has 0 saturated carbocycles. The van der Waals surface area contributed by atoms with E-state index in [9.17, 15) is 4.79 Å². The van der Waals surface area contributed by atoms with Gasteiger partial charge in [-0.15, -0.1) is 0 Å². The minimum atomic E-state index is -0.108. The molecule has 0 fully saturated rings. The Morgan fingerprint density at radius 1 is 1.14 bits per heavy atom. The second kappa shape index (κ2) is 7.62. The number of rotatable bonds is 6. The number of aliphatic hydroxyl groups excluding tert-OH is 1. The molecule has 0 aliphatic heterocycles. The van der Waals surface area contributed by atoms with Gasteiger partial charge in [-0.1, -0.05) is 29.8 Å². The zero-order valence-corrected chi connectivity index (χ0v) is 12.1. The molecule has 2 aromatic carbocycles. The van der Waals surface area contributed by atoms with Crippen LogP contribution in [0.3, 0.4) is 0 Å². The molecule has 1 N–H and O–H groups in total. The number of halogens is 1. The van der Waals surface area contributed by atoms with Gasteiger partial charge in [0.25, 0.3) is 0 Å². The molecule has 0 unspecified atom stereocenters. The summed E-state index contributed by atoms with van der Waals surface area (Å²) in [5.41, 5.74) is 1.37. The topological polar surface area (TPSA) is 46.5 Å². The van der Waals surface area contributed by atoms with Crippen molar-refractivity contribution in [3.05, 3.63) is 70.8 Å². The van der Waals surface area contributed by atoms with Crippen LogP contribution in [-0.4, -0.2) is 24.1 Å². The highest BCUT2D eigenvalue weighted by molar-refractivity contribution is 6.32. The summed E-state index contributed by atoms with van der Waals surface area (Å²) in [6.45, 7) is 0.195. The molecule has 0 amide bonds. The SMILES string of the molecule is O=C(C=Cc1ccccc1Cl)c1ccc(OCCO)cc1. The van der Waals surface area contributed by atoms with E-state index < -0.39 is 0 Å². The van der Waals surface area contributed by atoms with Gasteiger partial charge in [-0.3, -0.25) is 4.79 Å². The highest BCUT2D eigenvalue weighted by Gasteiger charge is 2.03. The van der Waals surface area contributed by atoms with E-state index in [-0.39, 0.29) is 19.0 Å². The number of aliphatic hydroxyl groups is 1. The Hall–Kier alpha value is -2.10. The smallest absolute Gasteiger partial charge is 0.185 e. The Labute approximate surface area is 128 Å². The quantitative estimate of drug-likeness (QED) is 0.655. The first kappa shape index (κ1) is 15.3. The molecule has 0 aliphatic carbocycles. The van der Waals surface area contributed by atoms with Gasteiger partial charge in [0.05, 0.1) is 6.61 Å². The Morgan fingerprint density at radius 2 is 1.86 bits per heavy atom. The van der Waals surface area contributed by atoms with Crippen molar-refractivity contribution >= 4 is 23.5 Å². The molecule has 21 heavy (non-hydrogen) atoms. The Kier molecular flexibility index (Phi) is 5.55. The fourth-order valence-electron chi connectivity index (χ4n) is 1.75. The van der Waals surface area contributed by atoms with Crippen LogP contribution < -0.4 is 4.74 Å². The molecule has 0 aromatic heterocycles.